The molecule has 1 aliphatic rings. The van der Waals surface area contributed by atoms with Crippen molar-refractivity contribution in [3.8, 4) is 0 Å². The van der Waals surface area contributed by atoms with E-state index in [2.05, 4.69) is 40.9 Å². The minimum absolute atomic E-state index is 0.0225. The Morgan fingerprint density at radius 3 is 2.59 bits per heavy atom. The van der Waals surface area contributed by atoms with E-state index in [0.717, 1.165) is 29.7 Å². The Morgan fingerprint density at radius 1 is 1.14 bits per heavy atom. The second kappa shape index (κ2) is 7.75. The van der Waals surface area contributed by atoms with Crippen LogP contribution in [0, 0.1) is 6.92 Å². The highest BCUT2D eigenvalue weighted by Gasteiger charge is 2.30. The lowest BCUT2D eigenvalue weighted by Crippen LogP contribution is -2.18. The summed E-state index contributed by atoms with van der Waals surface area (Å²) in [7, 11) is -3.30. The molecular formula is C22H23N3O3S. The van der Waals surface area contributed by atoms with Crippen LogP contribution in [-0.4, -0.2) is 25.4 Å². The van der Waals surface area contributed by atoms with E-state index in [1.807, 2.05) is 24.3 Å². The second-order valence-corrected chi connectivity index (χ2v) is 9.07. The van der Waals surface area contributed by atoms with Gasteiger partial charge in [0.25, 0.3) is 0 Å². The molecule has 7 heteroatoms. The van der Waals surface area contributed by atoms with Crippen LogP contribution in [0.4, 0.5) is 5.69 Å². The van der Waals surface area contributed by atoms with E-state index in [1.54, 1.807) is 18.4 Å². The van der Waals surface area contributed by atoms with Gasteiger partial charge in [-0.2, -0.15) is 5.10 Å². The van der Waals surface area contributed by atoms with Gasteiger partial charge in [-0.15, -0.1) is 0 Å². The Hall–Kier alpha value is -3.06. The summed E-state index contributed by atoms with van der Waals surface area (Å²) in [6, 6.07) is 19.6. The molecule has 150 valence electrons. The van der Waals surface area contributed by atoms with E-state index in [1.165, 1.54) is 11.1 Å². The fourth-order valence-electron chi connectivity index (χ4n) is 3.55. The van der Waals surface area contributed by atoms with Gasteiger partial charge in [0.05, 0.1) is 24.8 Å². The van der Waals surface area contributed by atoms with E-state index in [0.29, 0.717) is 12.2 Å². The molecule has 0 bridgehead atoms. The van der Waals surface area contributed by atoms with Gasteiger partial charge in [0.2, 0.25) is 10.0 Å². The molecule has 1 unspecified atom stereocenters. The van der Waals surface area contributed by atoms with Crippen LogP contribution >= 0.6 is 0 Å². The summed E-state index contributed by atoms with van der Waals surface area (Å²) in [5.41, 5.74) is 4.86. The van der Waals surface area contributed by atoms with Crippen LogP contribution < -0.4 is 4.72 Å². The summed E-state index contributed by atoms with van der Waals surface area (Å²) in [6.45, 7) is 2.77. The van der Waals surface area contributed by atoms with Crippen molar-refractivity contribution in [3.63, 3.8) is 0 Å². The van der Waals surface area contributed by atoms with Crippen molar-refractivity contribution >= 4 is 21.4 Å². The highest BCUT2D eigenvalue weighted by Crippen LogP contribution is 2.34. The summed E-state index contributed by atoms with van der Waals surface area (Å²) in [5.74, 6) is 0.881. The molecule has 1 aliphatic heterocycles. The molecule has 0 fully saturated rings. The molecule has 6 nitrogen and oxygen atoms in total. The number of rotatable bonds is 6. The van der Waals surface area contributed by atoms with Crippen molar-refractivity contribution in [2.75, 3.05) is 11.0 Å². The van der Waals surface area contributed by atoms with Gasteiger partial charge in [-0.3, -0.25) is 9.73 Å². The number of furan rings is 1. The van der Waals surface area contributed by atoms with Crippen molar-refractivity contribution in [2.24, 2.45) is 5.10 Å². The smallest absolute Gasteiger partial charge is 0.229 e. The zero-order valence-electron chi connectivity index (χ0n) is 16.4. The molecule has 4 rings (SSSR count). The van der Waals surface area contributed by atoms with Crippen molar-refractivity contribution in [3.05, 3.63) is 89.4 Å². The first-order chi connectivity index (χ1) is 13.9. The van der Waals surface area contributed by atoms with E-state index in [4.69, 9.17) is 9.52 Å². The Balaban J connectivity index is 1.60. The van der Waals surface area contributed by atoms with E-state index in [-0.39, 0.29) is 6.04 Å². The second-order valence-electron chi connectivity index (χ2n) is 7.32. The predicted molar refractivity (Wildman–Crippen MR) is 114 cm³/mol. The van der Waals surface area contributed by atoms with Crippen LogP contribution in [-0.2, 0) is 16.6 Å². The monoisotopic (exact) mass is 409 g/mol. The first-order valence-corrected chi connectivity index (χ1v) is 11.3. The number of sulfonamides is 1. The SMILES string of the molecule is Cc1cccc(CN2N=C(c3ccc(NS(C)(=O)=O)cc3)CC2c2ccco2)c1. The molecule has 1 N–H and O–H groups in total. The van der Waals surface area contributed by atoms with E-state index in [9.17, 15) is 8.42 Å². The van der Waals surface area contributed by atoms with Crippen LogP contribution in [0.2, 0.25) is 0 Å². The molecule has 0 aliphatic carbocycles. The molecule has 0 saturated carbocycles. The van der Waals surface area contributed by atoms with Gasteiger partial charge in [0.1, 0.15) is 11.8 Å². The summed E-state index contributed by atoms with van der Waals surface area (Å²) >= 11 is 0. The third-order valence-corrected chi connectivity index (χ3v) is 5.42. The minimum Gasteiger partial charge on any atom is -0.467 e. The molecule has 2 heterocycles. The van der Waals surface area contributed by atoms with Crippen molar-refractivity contribution < 1.29 is 12.8 Å². The highest BCUT2D eigenvalue weighted by molar-refractivity contribution is 7.92. The van der Waals surface area contributed by atoms with Crippen molar-refractivity contribution in [2.45, 2.75) is 25.9 Å². The van der Waals surface area contributed by atoms with Gasteiger partial charge in [-0.1, -0.05) is 42.0 Å². The number of nitrogens with one attached hydrogen (secondary N) is 1. The molecule has 0 saturated heterocycles. The number of aryl methyl sites for hydroxylation is 1. The van der Waals surface area contributed by atoms with Gasteiger partial charge in [0, 0.05) is 12.1 Å². The Bertz CT molecular complexity index is 1120. The maximum Gasteiger partial charge on any atom is 0.229 e. The van der Waals surface area contributed by atoms with Gasteiger partial charge in [0.15, 0.2) is 0 Å². The van der Waals surface area contributed by atoms with Gasteiger partial charge >= 0.3 is 0 Å². The molecule has 2 aromatic carbocycles. The highest BCUT2D eigenvalue weighted by atomic mass is 32.2. The summed E-state index contributed by atoms with van der Waals surface area (Å²) in [4.78, 5) is 0. The summed E-state index contributed by atoms with van der Waals surface area (Å²) in [6.07, 6.45) is 3.54. The van der Waals surface area contributed by atoms with Crippen molar-refractivity contribution in [1.82, 2.24) is 5.01 Å². The average molecular weight is 410 g/mol. The number of hydrogen-bond acceptors (Lipinski definition) is 5. The first-order valence-electron chi connectivity index (χ1n) is 9.39. The van der Waals surface area contributed by atoms with Crippen LogP contribution in [0.1, 0.15) is 34.9 Å². The molecule has 1 atom stereocenters. The number of benzene rings is 2. The predicted octanol–water partition coefficient (Wildman–Crippen LogP) is 4.31. The fraction of sp³-hybridized carbons (Fsp3) is 0.227. The van der Waals surface area contributed by atoms with E-state index >= 15 is 0 Å². The number of nitrogens with zero attached hydrogens (tertiary/aromatic N) is 2. The Morgan fingerprint density at radius 2 is 1.93 bits per heavy atom. The topological polar surface area (TPSA) is 74.9 Å². The fourth-order valence-corrected chi connectivity index (χ4v) is 4.11. The number of hydrogen-bond donors (Lipinski definition) is 1. The maximum atomic E-state index is 11.4. The lowest BCUT2D eigenvalue weighted by molar-refractivity contribution is 0.199. The zero-order valence-corrected chi connectivity index (χ0v) is 17.2. The molecule has 3 aromatic rings. The average Bonchev–Trinajstić information content (AvgIpc) is 3.31. The van der Waals surface area contributed by atoms with Crippen LogP contribution in [0.15, 0.2) is 76.4 Å². The minimum atomic E-state index is -3.30. The third-order valence-electron chi connectivity index (χ3n) is 4.82. The quantitative estimate of drug-likeness (QED) is 0.658. The summed E-state index contributed by atoms with van der Waals surface area (Å²) < 4.78 is 31.0. The molecule has 0 amide bonds. The Kier molecular flexibility index (Phi) is 5.15. The largest absolute Gasteiger partial charge is 0.467 e. The normalized spacial score (nSPS) is 16.7. The Labute approximate surface area is 170 Å². The number of anilines is 1. The third kappa shape index (κ3) is 4.68. The molecule has 0 radical (unpaired) electrons. The van der Waals surface area contributed by atoms with Crippen LogP contribution in [0.25, 0.3) is 0 Å². The molecule has 1 aromatic heterocycles. The summed E-state index contributed by atoms with van der Waals surface area (Å²) in [5, 5.41) is 6.94. The first kappa shape index (κ1) is 19.3. The maximum absolute atomic E-state index is 11.4. The standard InChI is InChI=1S/C22H23N3O3S/c1-16-5-3-6-17(13-16)15-25-21(22-7-4-12-28-22)14-20(23-25)18-8-10-19(11-9-18)24-29(2,26)27/h3-13,21,24H,14-15H2,1-2H3. The van der Waals surface area contributed by atoms with Crippen LogP contribution in [0.5, 0.6) is 0 Å². The lowest BCUT2D eigenvalue weighted by atomic mass is 10.0. The zero-order chi connectivity index (χ0) is 20.4. The molecule has 0 spiro atoms. The van der Waals surface area contributed by atoms with Gasteiger partial charge in [-0.25, -0.2) is 8.42 Å². The van der Waals surface area contributed by atoms with Gasteiger partial charge in [-0.05, 0) is 42.3 Å². The lowest BCUT2D eigenvalue weighted by Gasteiger charge is -2.22. The van der Waals surface area contributed by atoms with E-state index < -0.39 is 10.0 Å². The molecular weight excluding hydrogens is 386 g/mol. The van der Waals surface area contributed by atoms with Crippen molar-refractivity contribution in [1.29, 1.82) is 0 Å². The number of hydrazone groups is 1. The van der Waals surface area contributed by atoms with Crippen LogP contribution in [0.3, 0.4) is 0 Å². The van der Waals surface area contributed by atoms with Gasteiger partial charge < -0.3 is 4.42 Å². The molecule has 29 heavy (non-hydrogen) atoms.